The fraction of sp³-hybridized carbons (Fsp3) is 0.769. The van der Waals surface area contributed by atoms with Crippen LogP contribution in [0.2, 0.25) is 0 Å². The van der Waals surface area contributed by atoms with E-state index in [1.807, 2.05) is 13.8 Å². The molecule has 1 heterocycles. The highest BCUT2D eigenvalue weighted by Crippen LogP contribution is 2.40. The third-order valence-electron chi connectivity index (χ3n) is 3.67. The number of nitrogens with zero attached hydrogens (tertiary/aromatic N) is 2. The summed E-state index contributed by atoms with van der Waals surface area (Å²) < 4.78 is 38.2. The molecule has 1 aromatic rings. The van der Waals surface area contributed by atoms with Gasteiger partial charge in [0.15, 0.2) is 0 Å². The zero-order valence-corrected chi connectivity index (χ0v) is 12.7. The van der Waals surface area contributed by atoms with E-state index in [4.69, 9.17) is 0 Å². The van der Waals surface area contributed by atoms with Crippen LogP contribution in [0.15, 0.2) is 0 Å². The summed E-state index contributed by atoms with van der Waals surface area (Å²) in [5.74, 6) is -2.15. The minimum absolute atomic E-state index is 0.115. The van der Waals surface area contributed by atoms with Gasteiger partial charge in [0.2, 0.25) is 11.0 Å². The third-order valence-corrected chi connectivity index (χ3v) is 4.81. The molecule has 0 saturated heterocycles. The fourth-order valence-corrected chi connectivity index (χ4v) is 3.20. The lowest BCUT2D eigenvalue weighted by atomic mass is 9.80. The highest BCUT2D eigenvalue weighted by Gasteiger charge is 2.43. The molecule has 1 aliphatic carbocycles. The van der Waals surface area contributed by atoms with Gasteiger partial charge >= 0.3 is 6.18 Å². The van der Waals surface area contributed by atoms with Crippen molar-refractivity contribution < 1.29 is 18.0 Å². The van der Waals surface area contributed by atoms with E-state index in [0.29, 0.717) is 18.0 Å². The summed E-state index contributed by atoms with van der Waals surface area (Å²) in [5, 5.41) is 11.5. The molecular formula is C13H18F3N3OS. The number of hydrogen-bond donors (Lipinski definition) is 1. The fourth-order valence-electron chi connectivity index (χ4n) is 2.45. The van der Waals surface area contributed by atoms with Crippen LogP contribution in [0.4, 0.5) is 18.3 Å². The number of amides is 1. The van der Waals surface area contributed by atoms with Gasteiger partial charge in [-0.25, -0.2) is 0 Å². The highest BCUT2D eigenvalue weighted by molar-refractivity contribution is 7.15. The van der Waals surface area contributed by atoms with Crippen LogP contribution in [0.25, 0.3) is 0 Å². The standard InChI is InChI=1S/C13H18F3N3OS/c1-7(2)11-18-19-12(21-11)17-10(20)8-4-3-5-9(6-8)13(14,15)16/h7-9H,3-6H2,1-2H3,(H,17,19,20). The first-order chi connectivity index (χ1) is 9.77. The Balaban J connectivity index is 1.96. The number of anilines is 1. The highest BCUT2D eigenvalue weighted by atomic mass is 32.1. The lowest BCUT2D eigenvalue weighted by molar-refractivity contribution is -0.185. The maximum absolute atomic E-state index is 12.7. The van der Waals surface area contributed by atoms with Gasteiger partial charge in [-0.3, -0.25) is 4.79 Å². The van der Waals surface area contributed by atoms with Crippen molar-refractivity contribution in [3.63, 3.8) is 0 Å². The molecule has 2 rings (SSSR count). The summed E-state index contributed by atoms with van der Waals surface area (Å²) >= 11 is 1.26. The summed E-state index contributed by atoms with van der Waals surface area (Å²) in [6, 6.07) is 0. The maximum atomic E-state index is 12.7. The smallest absolute Gasteiger partial charge is 0.300 e. The van der Waals surface area contributed by atoms with Crippen molar-refractivity contribution >= 4 is 22.4 Å². The Morgan fingerprint density at radius 1 is 1.33 bits per heavy atom. The van der Waals surface area contributed by atoms with Crippen LogP contribution in [0.1, 0.15) is 50.5 Å². The molecule has 0 spiro atoms. The molecule has 0 radical (unpaired) electrons. The topological polar surface area (TPSA) is 54.9 Å². The molecule has 0 aromatic carbocycles. The molecule has 1 N–H and O–H groups in total. The van der Waals surface area contributed by atoms with Crippen molar-refractivity contribution in [2.24, 2.45) is 11.8 Å². The van der Waals surface area contributed by atoms with Crippen LogP contribution in [-0.4, -0.2) is 22.3 Å². The van der Waals surface area contributed by atoms with Crippen molar-refractivity contribution in [2.45, 2.75) is 51.6 Å². The van der Waals surface area contributed by atoms with Crippen molar-refractivity contribution in [3.05, 3.63) is 5.01 Å². The molecule has 1 aromatic heterocycles. The summed E-state index contributed by atoms with van der Waals surface area (Å²) in [6.45, 7) is 3.92. The second-order valence-corrected chi connectivity index (χ2v) is 6.70. The molecule has 2 unspecified atom stereocenters. The molecule has 21 heavy (non-hydrogen) atoms. The van der Waals surface area contributed by atoms with E-state index in [1.54, 1.807) is 0 Å². The molecule has 1 fully saturated rings. The van der Waals surface area contributed by atoms with Gasteiger partial charge in [0.25, 0.3) is 0 Å². The van der Waals surface area contributed by atoms with E-state index in [9.17, 15) is 18.0 Å². The average molecular weight is 321 g/mol. The van der Waals surface area contributed by atoms with E-state index >= 15 is 0 Å². The molecule has 118 valence electrons. The zero-order valence-electron chi connectivity index (χ0n) is 11.9. The van der Waals surface area contributed by atoms with Crippen LogP contribution in [0.3, 0.4) is 0 Å². The molecular weight excluding hydrogens is 303 g/mol. The largest absolute Gasteiger partial charge is 0.391 e. The van der Waals surface area contributed by atoms with Crippen molar-refractivity contribution in [1.82, 2.24) is 10.2 Å². The van der Waals surface area contributed by atoms with Gasteiger partial charge < -0.3 is 5.32 Å². The minimum Gasteiger partial charge on any atom is -0.300 e. The first-order valence-electron chi connectivity index (χ1n) is 6.98. The van der Waals surface area contributed by atoms with Crippen LogP contribution in [-0.2, 0) is 4.79 Å². The number of halogens is 3. The zero-order chi connectivity index (χ0) is 15.6. The number of aromatic nitrogens is 2. The second kappa shape index (κ2) is 6.29. The van der Waals surface area contributed by atoms with Crippen molar-refractivity contribution in [1.29, 1.82) is 0 Å². The van der Waals surface area contributed by atoms with Gasteiger partial charge in [-0.2, -0.15) is 13.2 Å². The van der Waals surface area contributed by atoms with E-state index in [2.05, 4.69) is 15.5 Å². The molecule has 0 aliphatic heterocycles. The lowest BCUT2D eigenvalue weighted by Gasteiger charge is -2.29. The Kier molecular flexibility index (Phi) is 4.85. The van der Waals surface area contributed by atoms with E-state index in [1.165, 1.54) is 11.3 Å². The number of rotatable bonds is 3. The quantitative estimate of drug-likeness (QED) is 0.916. The predicted octanol–water partition coefficient (Wildman–Crippen LogP) is 3.97. The van der Waals surface area contributed by atoms with Gasteiger partial charge in [0.05, 0.1) is 5.92 Å². The summed E-state index contributed by atoms with van der Waals surface area (Å²) in [6.07, 6.45) is -3.31. The number of carbonyl (C=O) groups is 1. The Hall–Kier alpha value is -1.18. The first kappa shape index (κ1) is 16.2. The maximum Gasteiger partial charge on any atom is 0.391 e. The Morgan fingerprint density at radius 3 is 2.62 bits per heavy atom. The molecule has 1 aliphatic rings. The number of alkyl halides is 3. The Morgan fingerprint density at radius 2 is 2.05 bits per heavy atom. The Labute approximate surface area is 125 Å². The average Bonchev–Trinajstić information content (AvgIpc) is 2.86. The van der Waals surface area contributed by atoms with Crippen molar-refractivity contribution in [3.8, 4) is 0 Å². The van der Waals surface area contributed by atoms with E-state index < -0.39 is 18.0 Å². The summed E-state index contributed by atoms with van der Waals surface area (Å²) in [7, 11) is 0. The molecule has 1 amide bonds. The number of nitrogens with one attached hydrogen (secondary N) is 1. The Bertz CT molecular complexity index is 501. The van der Waals surface area contributed by atoms with E-state index in [-0.39, 0.29) is 24.7 Å². The van der Waals surface area contributed by atoms with Crippen LogP contribution in [0.5, 0.6) is 0 Å². The molecule has 8 heteroatoms. The lowest BCUT2D eigenvalue weighted by Crippen LogP contribution is -2.34. The van der Waals surface area contributed by atoms with Gasteiger partial charge in [-0.1, -0.05) is 31.6 Å². The summed E-state index contributed by atoms with van der Waals surface area (Å²) in [4.78, 5) is 12.1. The molecule has 0 bridgehead atoms. The van der Waals surface area contributed by atoms with Crippen LogP contribution in [0, 0.1) is 11.8 Å². The first-order valence-corrected chi connectivity index (χ1v) is 7.80. The minimum atomic E-state index is -4.22. The second-order valence-electron chi connectivity index (χ2n) is 5.69. The normalized spacial score (nSPS) is 23.3. The van der Waals surface area contributed by atoms with Crippen LogP contribution < -0.4 is 5.32 Å². The predicted molar refractivity (Wildman–Crippen MR) is 74.1 cm³/mol. The SMILES string of the molecule is CC(C)c1nnc(NC(=O)C2CCCC(C(F)(F)F)C2)s1. The molecule has 2 atom stereocenters. The third kappa shape index (κ3) is 4.15. The molecule has 4 nitrogen and oxygen atoms in total. The van der Waals surface area contributed by atoms with Gasteiger partial charge in [-0.15, -0.1) is 10.2 Å². The monoisotopic (exact) mass is 321 g/mol. The molecule has 1 saturated carbocycles. The van der Waals surface area contributed by atoms with Gasteiger partial charge in [0, 0.05) is 11.8 Å². The number of hydrogen-bond acceptors (Lipinski definition) is 4. The van der Waals surface area contributed by atoms with E-state index in [0.717, 1.165) is 5.01 Å². The summed E-state index contributed by atoms with van der Waals surface area (Å²) in [5.41, 5.74) is 0. The van der Waals surface area contributed by atoms with Gasteiger partial charge in [0.1, 0.15) is 5.01 Å². The van der Waals surface area contributed by atoms with Crippen LogP contribution >= 0.6 is 11.3 Å². The van der Waals surface area contributed by atoms with Crippen molar-refractivity contribution in [2.75, 3.05) is 5.32 Å². The number of carbonyl (C=O) groups excluding carboxylic acids is 1. The van der Waals surface area contributed by atoms with Gasteiger partial charge in [-0.05, 0) is 19.3 Å².